The topological polar surface area (TPSA) is 73.6 Å². The van der Waals surface area contributed by atoms with Crippen LogP contribution in [0.15, 0.2) is 65.7 Å². The molecule has 3 rings (SSSR count). The van der Waals surface area contributed by atoms with Crippen LogP contribution in [0, 0.1) is 5.82 Å². The maximum Gasteiger partial charge on any atom is 0.127 e. The molecule has 0 bridgehead atoms. The van der Waals surface area contributed by atoms with Crippen LogP contribution in [-0.4, -0.2) is 17.9 Å². The SMILES string of the molecule is NC1N=CC=CC1(N)Cc1ccc(Oc2ccc(F)cc2)cc1. The van der Waals surface area contributed by atoms with Crippen LogP contribution in [0.1, 0.15) is 5.56 Å². The number of hydrogen-bond acceptors (Lipinski definition) is 4. The summed E-state index contributed by atoms with van der Waals surface area (Å²) in [7, 11) is 0. The molecule has 1 aliphatic heterocycles. The average molecular weight is 311 g/mol. The van der Waals surface area contributed by atoms with Gasteiger partial charge >= 0.3 is 0 Å². The first-order chi connectivity index (χ1) is 11.0. The van der Waals surface area contributed by atoms with Crippen molar-refractivity contribution in [3.05, 3.63) is 72.1 Å². The lowest BCUT2D eigenvalue weighted by molar-refractivity contribution is 0.425. The largest absolute Gasteiger partial charge is 0.457 e. The van der Waals surface area contributed by atoms with E-state index in [2.05, 4.69) is 4.99 Å². The van der Waals surface area contributed by atoms with Gasteiger partial charge in [-0.05, 0) is 54.5 Å². The molecule has 0 aliphatic carbocycles. The normalized spacial score (nSPS) is 23.0. The van der Waals surface area contributed by atoms with E-state index in [1.807, 2.05) is 36.4 Å². The number of hydrogen-bond donors (Lipinski definition) is 2. The number of dihydropyridines is 1. The summed E-state index contributed by atoms with van der Waals surface area (Å²) < 4.78 is 18.5. The van der Waals surface area contributed by atoms with E-state index in [0.717, 1.165) is 5.56 Å². The van der Waals surface area contributed by atoms with Crippen LogP contribution in [0.25, 0.3) is 0 Å². The number of rotatable bonds is 4. The number of ether oxygens (including phenoxy) is 1. The molecule has 1 heterocycles. The molecule has 2 aromatic rings. The minimum Gasteiger partial charge on any atom is -0.457 e. The Hall–Kier alpha value is -2.50. The molecule has 0 amide bonds. The lowest BCUT2D eigenvalue weighted by atomic mass is 9.87. The van der Waals surface area contributed by atoms with Gasteiger partial charge in [0.1, 0.15) is 23.5 Å². The lowest BCUT2D eigenvalue weighted by Crippen LogP contribution is -2.55. The van der Waals surface area contributed by atoms with Crippen molar-refractivity contribution < 1.29 is 9.13 Å². The molecule has 0 saturated carbocycles. The summed E-state index contributed by atoms with van der Waals surface area (Å²) in [4.78, 5) is 4.15. The summed E-state index contributed by atoms with van der Waals surface area (Å²) in [5, 5.41) is 0. The van der Waals surface area contributed by atoms with Crippen LogP contribution in [0.5, 0.6) is 11.5 Å². The molecule has 0 aromatic heterocycles. The number of benzene rings is 2. The Balaban J connectivity index is 1.68. The van der Waals surface area contributed by atoms with Crippen LogP contribution in [0.2, 0.25) is 0 Å². The molecule has 0 radical (unpaired) electrons. The first-order valence-electron chi connectivity index (χ1n) is 7.33. The summed E-state index contributed by atoms with van der Waals surface area (Å²) >= 11 is 0. The van der Waals surface area contributed by atoms with Gasteiger partial charge in [-0.3, -0.25) is 4.99 Å². The Kier molecular flexibility index (Phi) is 4.23. The number of nitrogens with zero attached hydrogens (tertiary/aromatic N) is 1. The second-order valence-electron chi connectivity index (χ2n) is 5.59. The van der Waals surface area contributed by atoms with Gasteiger partial charge in [0.2, 0.25) is 0 Å². The van der Waals surface area contributed by atoms with Crippen molar-refractivity contribution in [2.45, 2.75) is 18.1 Å². The Morgan fingerprint density at radius 2 is 1.65 bits per heavy atom. The summed E-state index contributed by atoms with van der Waals surface area (Å²) in [6, 6.07) is 13.5. The molecule has 0 fully saturated rings. The van der Waals surface area contributed by atoms with Crippen LogP contribution in [0.4, 0.5) is 4.39 Å². The quantitative estimate of drug-likeness (QED) is 0.912. The third-order valence-electron chi connectivity index (χ3n) is 3.77. The van der Waals surface area contributed by atoms with Crippen molar-refractivity contribution in [2.24, 2.45) is 16.5 Å². The number of halogens is 1. The number of nitrogens with two attached hydrogens (primary N) is 2. The highest BCUT2D eigenvalue weighted by molar-refractivity contribution is 5.73. The average Bonchev–Trinajstić information content (AvgIpc) is 2.55. The van der Waals surface area contributed by atoms with E-state index >= 15 is 0 Å². The second-order valence-corrected chi connectivity index (χ2v) is 5.59. The van der Waals surface area contributed by atoms with Gasteiger partial charge in [-0.15, -0.1) is 0 Å². The molecule has 5 heteroatoms. The van der Waals surface area contributed by atoms with E-state index in [4.69, 9.17) is 16.2 Å². The van der Waals surface area contributed by atoms with Crippen molar-refractivity contribution in [3.63, 3.8) is 0 Å². The van der Waals surface area contributed by atoms with Gasteiger partial charge in [-0.1, -0.05) is 18.2 Å². The maximum absolute atomic E-state index is 12.9. The summed E-state index contributed by atoms with van der Waals surface area (Å²) in [6.07, 6.45) is 5.49. The van der Waals surface area contributed by atoms with Crippen molar-refractivity contribution in [2.75, 3.05) is 0 Å². The second kappa shape index (κ2) is 6.32. The Morgan fingerprint density at radius 1 is 1.04 bits per heavy atom. The van der Waals surface area contributed by atoms with Gasteiger partial charge < -0.3 is 16.2 Å². The minimum atomic E-state index is -0.686. The van der Waals surface area contributed by atoms with Crippen molar-refractivity contribution in [1.29, 1.82) is 0 Å². The van der Waals surface area contributed by atoms with Gasteiger partial charge in [0, 0.05) is 6.21 Å². The summed E-state index contributed by atoms with van der Waals surface area (Å²) in [6.45, 7) is 0. The van der Waals surface area contributed by atoms with Gasteiger partial charge in [-0.25, -0.2) is 4.39 Å². The fourth-order valence-electron chi connectivity index (χ4n) is 2.43. The van der Waals surface area contributed by atoms with E-state index in [1.165, 1.54) is 12.1 Å². The molecule has 4 N–H and O–H groups in total. The Morgan fingerprint density at radius 3 is 2.26 bits per heavy atom. The van der Waals surface area contributed by atoms with Crippen LogP contribution >= 0.6 is 0 Å². The zero-order valence-electron chi connectivity index (χ0n) is 12.5. The molecule has 2 unspecified atom stereocenters. The number of aliphatic imine (C=N–C) groups is 1. The standard InChI is InChI=1S/C18H18FN3O/c19-14-4-8-16(9-5-14)23-15-6-2-13(3-7-15)12-18(21)10-1-11-22-17(18)20/h1-11,17H,12,20-21H2. The third kappa shape index (κ3) is 3.64. The van der Waals surface area contributed by atoms with Gasteiger partial charge in [-0.2, -0.15) is 0 Å². The Bertz CT molecular complexity index is 725. The zero-order valence-corrected chi connectivity index (χ0v) is 12.5. The van der Waals surface area contributed by atoms with Gasteiger partial charge in [0.05, 0.1) is 5.54 Å². The smallest absolute Gasteiger partial charge is 0.127 e. The highest BCUT2D eigenvalue weighted by Crippen LogP contribution is 2.24. The molecule has 4 nitrogen and oxygen atoms in total. The van der Waals surface area contributed by atoms with E-state index < -0.39 is 11.7 Å². The fourth-order valence-corrected chi connectivity index (χ4v) is 2.43. The molecule has 23 heavy (non-hydrogen) atoms. The predicted octanol–water partition coefficient (Wildman–Crippen LogP) is 2.78. The van der Waals surface area contributed by atoms with Crippen molar-refractivity contribution >= 4 is 6.21 Å². The molecule has 2 aromatic carbocycles. The van der Waals surface area contributed by atoms with Crippen molar-refractivity contribution in [3.8, 4) is 11.5 Å². The van der Waals surface area contributed by atoms with Crippen LogP contribution < -0.4 is 16.2 Å². The first-order valence-corrected chi connectivity index (χ1v) is 7.33. The molecule has 0 saturated heterocycles. The van der Waals surface area contributed by atoms with E-state index in [-0.39, 0.29) is 5.82 Å². The molecule has 0 spiro atoms. The summed E-state index contributed by atoms with van der Waals surface area (Å²) in [5.41, 5.74) is 12.6. The molecule has 118 valence electrons. The molecular weight excluding hydrogens is 293 g/mol. The zero-order chi connectivity index (χ0) is 16.3. The van der Waals surface area contributed by atoms with E-state index in [9.17, 15) is 4.39 Å². The minimum absolute atomic E-state index is 0.291. The Labute approximate surface area is 134 Å². The molecule has 1 aliphatic rings. The van der Waals surface area contributed by atoms with E-state index in [0.29, 0.717) is 17.9 Å². The first kappa shape index (κ1) is 15.4. The lowest BCUT2D eigenvalue weighted by Gasteiger charge is -2.31. The highest BCUT2D eigenvalue weighted by atomic mass is 19.1. The van der Waals surface area contributed by atoms with Gasteiger partial charge in [0.25, 0.3) is 0 Å². The monoisotopic (exact) mass is 311 g/mol. The summed E-state index contributed by atoms with van der Waals surface area (Å²) in [5.74, 6) is 0.967. The van der Waals surface area contributed by atoms with Gasteiger partial charge in [0.15, 0.2) is 0 Å². The predicted molar refractivity (Wildman–Crippen MR) is 89.1 cm³/mol. The molecular formula is C18H18FN3O. The third-order valence-corrected chi connectivity index (χ3v) is 3.77. The highest BCUT2D eigenvalue weighted by Gasteiger charge is 2.30. The van der Waals surface area contributed by atoms with Crippen LogP contribution in [-0.2, 0) is 6.42 Å². The van der Waals surface area contributed by atoms with Crippen LogP contribution in [0.3, 0.4) is 0 Å². The number of allylic oxidation sites excluding steroid dienone is 1. The van der Waals surface area contributed by atoms with E-state index in [1.54, 1.807) is 18.3 Å². The molecule has 2 atom stereocenters. The maximum atomic E-state index is 12.9. The van der Waals surface area contributed by atoms with Crippen molar-refractivity contribution in [1.82, 2.24) is 0 Å². The fraction of sp³-hybridized carbons (Fsp3) is 0.167.